The van der Waals surface area contributed by atoms with Crippen molar-refractivity contribution in [2.75, 3.05) is 11.1 Å². The third-order valence-electron chi connectivity index (χ3n) is 3.88. The zero-order valence-corrected chi connectivity index (χ0v) is 16.6. The van der Waals surface area contributed by atoms with E-state index >= 15 is 0 Å². The molecule has 1 aromatic carbocycles. The van der Waals surface area contributed by atoms with Crippen molar-refractivity contribution >= 4 is 34.7 Å². The molecular weight excluding hydrogens is 366 g/mol. The Morgan fingerprint density at radius 2 is 2.04 bits per heavy atom. The summed E-state index contributed by atoms with van der Waals surface area (Å²) >= 11 is 2.91. The van der Waals surface area contributed by atoms with Gasteiger partial charge in [-0.2, -0.15) is 0 Å². The van der Waals surface area contributed by atoms with E-state index in [9.17, 15) is 4.79 Å². The molecule has 0 saturated heterocycles. The largest absolute Gasteiger partial charge is 0.325 e. The van der Waals surface area contributed by atoms with Crippen molar-refractivity contribution in [3.63, 3.8) is 0 Å². The normalized spacial score (nSPS) is 11.1. The lowest BCUT2D eigenvalue weighted by Crippen LogP contribution is -2.14. The van der Waals surface area contributed by atoms with Crippen LogP contribution in [0.3, 0.4) is 0 Å². The number of hydrogen-bond acceptors (Lipinski definition) is 6. The number of hydrogen-bond donors (Lipinski definition) is 1. The summed E-state index contributed by atoms with van der Waals surface area (Å²) < 4.78 is 2.00. The molecule has 1 amide bonds. The predicted octanol–water partition coefficient (Wildman–Crippen LogP) is 4.28. The maximum atomic E-state index is 12.2. The second-order valence-electron chi connectivity index (χ2n) is 6.03. The van der Waals surface area contributed by atoms with Gasteiger partial charge in [0.05, 0.1) is 16.1 Å². The highest BCUT2D eigenvalue weighted by atomic mass is 32.2. The van der Waals surface area contributed by atoms with Crippen molar-refractivity contribution in [3.8, 4) is 10.7 Å². The highest BCUT2D eigenvalue weighted by Gasteiger charge is 2.15. The molecule has 0 spiro atoms. The Morgan fingerprint density at radius 3 is 2.65 bits per heavy atom. The van der Waals surface area contributed by atoms with Crippen LogP contribution in [0.1, 0.15) is 32.3 Å². The number of rotatable bonds is 7. The molecule has 0 aliphatic heterocycles. The van der Waals surface area contributed by atoms with Crippen LogP contribution in [0, 0.1) is 0 Å². The Bertz CT molecular complexity index is 856. The number of amides is 1. The first-order chi connectivity index (χ1) is 12.6. The number of carbonyl (C=O) groups excluding carboxylic acids is 1. The molecule has 3 rings (SSSR count). The van der Waals surface area contributed by atoms with Gasteiger partial charge in [0.25, 0.3) is 0 Å². The average molecular weight is 388 g/mol. The van der Waals surface area contributed by atoms with E-state index in [2.05, 4.69) is 34.3 Å². The molecule has 0 aliphatic rings. The second kappa shape index (κ2) is 8.46. The Morgan fingerprint density at radius 1 is 1.27 bits per heavy atom. The quantitative estimate of drug-likeness (QED) is 0.613. The van der Waals surface area contributed by atoms with Gasteiger partial charge in [-0.25, -0.2) is 0 Å². The maximum Gasteiger partial charge on any atom is 0.234 e. The summed E-state index contributed by atoms with van der Waals surface area (Å²) in [4.78, 5) is 17.3. The van der Waals surface area contributed by atoms with Crippen LogP contribution >= 0.6 is 23.1 Å². The highest BCUT2D eigenvalue weighted by molar-refractivity contribution is 7.99. The lowest BCUT2D eigenvalue weighted by molar-refractivity contribution is -0.113. The zero-order chi connectivity index (χ0) is 18.5. The molecular formula is C18H21N5OS2. The molecule has 136 valence electrons. The first-order valence-electron chi connectivity index (χ1n) is 8.43. The van der Waals surface area contributed by atoms with E-state index in [1.165, 1.54) is 28.7 Å². The number of carbonyl (C=O) groups is 1. The molecule has 0 radical (unpaired) electrons. The lowest BCUT2D eigenvalue weighted by atomic mass is 10.0. The van der Waals surface area contributed by atoms with Crippen LogP contribution in [0.5, 0.6) is 0 Å². The van der Waals surface area contributed by atoms with E-state index in [-0.39, 0.29) is 11.7 Å². The summed E-state index contributed by atoms with van der Waals surface area (Å²) in [5, 5.41) is 12.1. The van der Waals surface area contributed by atoms with Crippen molar-refractivity contribution in [3.05, 3.63) is 41.5 Å². The zero-order valence-electron chi connectivity index (χ0n) is 15.0. The molecule has 26 heavy (non-hydrogen) atoms. The van der Waals surface area contributed by atoms with E-state index in [0.29, 0.717) is 5.92 Å². The van der Waals surface area contributed by atoms with Gasteiger partial charge < -0.3 is 9.88 Å². The maximum absolute atomic E-state index is 12.2. The summed E-state index contributed by atoms with van der Waals surface area (Å²) in [6.45, 7) is 7.07. The van der Waals surface area contributed by atoms with Crippen molar-refractivity contribution < 1.29 is 4.79 Å². The smallest absolute Gasteiger partial charge is 0.234 e. The van der Waals surface area contributed by atoms with E-state index in [0.717, 1.165) is 28.1 Å². The first-order valence-corrected chi connectivity index (χ1v) is 10.3. The van der Waals surface area contributed by atoms with Crippen LogP contribution in [-0.2, 0) is 11.3 Å². The van der Waals surface area contributed by atoms with Gasteiger partial charge in [-0.05, 0) is 30.5 Å². The van der Waals surface area contributed by atoms with Crippen LogP contribution in [0.25, 0.3) is 10.7 Å². The van der Waals surface area contributed by atoms with E-state index in [1.54, 1.807) is 11.7 Å². The van der Waals surface area contributed by atoms with E-state index in [1.807, 2.05) is 35.8 Å². The SMILES string of the molecule is CCn1c(SCC(=O)Nc2ccc(C(C)C)cc2)nnc1-c1cncs1. The molecule has 3 aromatic rings. The third kappa shape index (κ3) is 4.31. The van der Waals surface area contributed by atoms with E-state index < -0.39 is 0 Å². The first kappa shape index (κ1) is 18.6. The van der Waals surface area contributed by atoms with Crippen LogP contribution < -0.4 is 5.32 Å². The molecule has 0 fully saturated rings. The number of aromatic nitrogens is 4. The fraction of sp³-hybridized carbons (Fsp3) is 0.333. The molecule has 0 saturated carbocycles. The van der Waals surface area contributed by atoms with Gasteiger partial charge in [-0.15, -0.1) is 21.5 Å². The third-order valence-corrected chi connectivity index (χ3v) is 5.62. The van der Waals surface area contributed by atoms with Gasteiger partial charge in [0.15, 0.2) is 11.0 Å². The van der Waals surface area contributed by atoms with Crippen LogP contribution in [0.2, 0.25) is 0 Å². The highest BCUT2D eigenvalue weighted by Crippen LogP contribution is 2.26. The number of thiazole rings is 1. The predicted molar refractivity (Wildman–Crippen MR) is 107 cm³/mol. The number of nitrogens with zero attached hydrogens (tertiary/aromatic N) is 4. The molecule has 6 nitrogen and oxygen atoms in total. The fourth-order valence-electron chi connectivity index (χ4n) is 2.47. The minimum atomic E-state index is -0.0581. The average Bonchev–Trinajstić information content (AvgIpc) is 3.29. The van der Waals surface area contributed by atoms with Gasteiger partial charge in [0.2, 0.25) is 5.91 Å². The molecule has 0 aliphatic carbocycles. The summed E-state index contributed by atoms with van der Waals surface area (Å²) in [5.41, 5.74) is 3.83. The van der Waals surface area contributed by atoms with E-state index in [4.69, 9.17) is 0 Å². The van der Waals surface area contributed by atoms with Crippen molar-refractivity contribution in [2.45, 2.75) is 38.4 Å². The standard InChI is InChI=1S/C18H21N5OS2/c1-4-23-17(15-9-19-11-26-15)21-22-18(23)25-10-16(24)20-14-7-5-13(6-8-14)12(2)3/h5-9,11-12H,4,10H2,1-3H3,(H,20,24). The Kier molecular flexibility index (Phi) is 6.05. The minimum Gasteiger partial charge on any atom is -0.325 e. The number of benzene rings is 1. The van der Waals surface area contributed by atoms with Gasteiger partial charge in [-0.1, -0.05) is 37.7 Å². The Balaban J connectivity index is 1.61. The minimum absolute atomic E-state index is 0.0581. The summed E-state index contributed by atoms with van der Waals surface area (Å²) in [5.74, 6) is 1.50. The molecule has 2 aromatic heterocycles. The van der Waals surface area contributed by atoms with Gasteiger partial charge in [-0.3, -0.25) is 9.78 Å². The topological polar surface area (TPSA) is 72.7 Å². The van der Waals surface area contributed by atoms with Crippen LogP contribution in [0.15, 0.2) is 41.1 Å². The monoisotopic (exact) mass is 387 g/mol. The summed E-state index contributed by atoms with van der Waals surface area (Å²) in [6.07, 6.45) is 1.78. The Labute approximate surface area is 161 Å². The second-order valence-corrected chi connectivity index (χ2v) is 7.86. The molecule has 2 heterocycles. The lowest BCUT2D eigenvalue weighted by Gasteiger charge is -2.09. The molecule has 0 atom stereocenters. The summed E-state index contributed by atoms with van der Waals surface area (Å²) in [6, 6.07) is 7.97. The van der Waals surface area contributed by atoms with Gasteiger partial charge in [0, 0.05) is 18.4 Å². The molecule has 8 heteroatoms. The molecule has 0 unspecified atom stereocenters. The van der Waals surface area contributed by atoms with Crippen LogP contribution in [-0.4, -0.2) is 31.4 Å². The van der Waals surface area contributed by atoms with Crippen molar-refractivity contribution in [1.29, 1.82) is 0 Å². The van der Waals surface area contributed by atoms with Crippen molar-refractivity contribution in [1.82, 2.24) is 19.7 Å². The van der Waals surface area contributed by atoms with Gasteiger partial charge in [0.1, 0.15) is 0 Å². The molecule has 1 N–H and O–H groups in total. The van der Waals surface area contributed by atoms with Gasteiger partial charge >= 0.3 is 0 Å². The fourth-order valence-corrected chi connectivity index (χ4v) is 3.88. The van der Waals surface area contributed by atoms with Crippen molar-refractivity contribution in [2.24, 2.45) is 0 Å². The Hall–Kier alpha value is -2.19. The summed E-state index contributed by atoms with van der Waals surface area (Å²) in [7, 11) is 0. The number of nitrogens with one attached hydrogen (secondary N) is 1. The van der Waals surface area contributed by atoms with Crippen LogP contribution in [0.4, 0.5) is 5.69 Å². The molecule has 0 bridgehead atoms. The number of thioether (sulfide) groups is 1. The number of anilines is 1.